The first-order valence-corrected chi connectivity index (χ1v) is 6.34. The summed E-state index contributed by atoms with van der Waals surface area (Å²) in [6, 6.07) is 1.72. The van der Waals surface area contributed by atoms with Crippen molar-refractivity contribution in [3.8, 4) is 0 Å². The molecule has 7 heteroatoms. The van der Waals surface area contributed by atoms with Crippen LogP contribution in [0.15, 0.2) is 10.6 Å². The van der Waals surface area contributed by atoms with Crippen molar-refractivity contribution in [2.24, 2.45) is 0 Å². The molecule has 2 aromatic heterocycles. The Morgan fingerprint density at radius 3 is 2.79 bits per heavy atom. The van der Waals surface area contributed by atoms with Gasteiger partial charge in [-0.2, -0.15) is 4.98 Å². The van der Waals surface area contributed by atoms with E-state index < -0.39 is 0 Å². The second-order valence-corrected chi connectivity index (χ2v) is 4.26. The van der Waals surface area contributed by atoms with Crippen LogP contribution in [0.1, 0.15) is 30.9 Å². The van der Waals surface area contributed by atoms with Crippen LogP contribution in [-0.4, -0.2) is 26.7 Å². The van der Waals surface area contributed by atoms with Gasteiger partial charge in [0, 0.05) is 25.5 Å². The van der Waals surface area contributed by atoms with Gasteiger partial charge in [-0.3, -0.25) is 0 Å². The summed E-state index contributed by atoms with van der Waals surface area (Å²) in [5.74, 6) is 3.23. The molecular weight excluding hydrogens is 244 g/mol. The third-order valence-corrected chi connectivity index (χ3v) is 2.48. The number of nitrogens with two attached hydrogens (primary N) is 1. The molecule has 0 aromatic carbocycles. The summed E-state index contributed by atoms with van der Waals surface area (Å²) >= 11 is 0. The van der Waals surface area contributed by atoms with Gasteiger partial charge in [0.15, 0.2) is 5.82 Å². The van der Waals surface area contributed by atoms with Crippen LogP contribution in [0.25, 0.3) is 0 Å². The second-order valence-electron chi connectivity index (χ2n) is 4.26. The van der Waals surface area contributed by atoms with Crippen LogP contribution in [0.5, 0.6) is 0 Å². The minimum Gasteiger partial charge on any atom is -0.384 e. The largest absolute Gasteiger partial charge is 0.384 e. The van der Waals surface area contributed by atoms with Gasteiger partial charge in [-0.15, -0.1) is 0 Å². The Labute approximate surface area is 111 Å². The van der Waals surface area contributed by atoms with Crippen molar-refractivity contribution in [1.82, 2.24) is 20.1 Å². The summed E-state index contributed by atoms with van der Waals surface area (Å²) in [4.78, 5) is 12.7. The SMILES string of the molecule is CCCc1nc(N)cc(NCCc2nc(C)no2)n1. The number of nitrogens with one attached hydrogen (secondary N) is 1. The van der Waals surface area contributed by atoms with E-state index in [4.69, 9.17) is 10.3 Å². The zero-order valence-electron chi connectivity index (χ0n) is 11.2. The number of aromatic nitrogens is 4. The summed E-state index contributed by atoms with van der Waals surface area (Å²) in [7, 11) is 0. The molecule has 0 fully saturated rings. The molecule has 0 bridgehead atoms. The standard InChI is InChI=1S/C12H18N6O/c1-3-4-10-16-9(13)7-11(17-10)14-6-5-12-15-8(2)18-19-12/h7H,3-6H2,1-2H3,(H3,13,14,16,17). The number of hydrogen-bond acceptors (Lipinski definition) is 7. The monoisotopic (exact) mass is 262 g/mol. The van der Waals surface area contributed by atoms with Crippen molar-refractivity contribution in [3.63, 3.8) is 0 Å². The number of anilines is 2. The topological polar surface area (TPSA) is 103 Å². The van der Waals surface area contributed by atoms with Crippen molar-refractivity contribution in [1.29, 1.82) is 0 Å². The van der Waals surface area contributed by atoms with Crippen molar-refractivity contribution in [2.45, 2.75) is 33.1 Å². The maximum Gasteiger partial charge on any atom is 0.228 e. The van der Waals surface area contributed by atoms with Crippen LogP contribution in [0.4, 0.5) is 11.6 Å². The van der Waals surface area contributed by atoms with Crippen LogP contribution < -0.4 is 11.1 Å². The highest BCUT2D eigenvalue weighted by atomic mass is 16.5. The molecular formula is C12H18N6O. The number of aryl methyl sites for hydroxylation is 2. The Morgan fingerprint density at radius 2 is 2.11 bits per heavy atom. The lowest BCUT2D eigenvalue weighted by atomic mass is 10.3. The molecule has 0 aliphatic heterocycles. The minimum atomic E-state index is 0.481. The number of nitrogen functional groups attached to an aromatic ring is 1. The smallest absolute Gasteiger partial charge is 0.228 e. The summed E-state index contributed by atoms with van der Waals surface area (Å²) in [5.41, 5.74) is 5.74. The Balaban J connectivity index is 1.91. The molecule has 0 aliphatic carbocycles. The molecule has 2 rings (SSSR count). The van der Waals surface area contributed by atoms with E-state index in [0.717, 1.165) is 24.5 Å². The average molecular weight is 262 g/mol. The summed E-state index contributed by atoms with van der Waals surface area (Å²) in [6.45, 7) is 4.53. The predicted octanol–water partition coefficient (Wildman–Crippen LogP) is 1.36. The van der Waals surface area contributed by atoms with Crippen molar-refractivity contribution >= 4 is 11.6 Å². The van der Waals surface area contributed by atoms with Gasteiger partial charge in [-0.1, -0.05) is 12.1 Å². The van der Waals surface area contributed by atoms with Crippen molar-refractivity contribution in [3.05, 3.63) is 23.6 Å². The van der Waals surface area contributed by atoms with Gasteiger partial charge in [0.25, 0.3) is 0 Å². The molecule has 0 spiro atoms. The van der Waals surface area contributed by atoms with Crippen LogP contribution in [0.3, 0.4) is 0 Å². The summed E-state index contributed by atoms with van der Waals surface area (Å²) < 4.78 is 5.03. The maximum absolute atomic E-state index is 5.74. The highest BCUT2D eigenvalue weighted by molar-refractivity contribution is 5.44. The third kappa shape index (κ3) is 3.90. The highest BCUT2D eigenvalue weighted by Crippen LogP contribution is 2.09. The Morgan fingerprint density at radius 1 is 1.26 bits per heavy atom. The molecule has 19 heavy (non-hydrogen) atoms. The molecule has 0 atom stereocenters. The normalized spacial score (nSPS) is 10.6. The third-order valence-electron chi connectivity index (χ3n) is 2.48. The second kappa shape index (κ2) is 6.12. The fourth-order valence-electron chi connectivity index (χ4n) is 1.68. The van der Waals surface area contributed by atoms with E-state index in [0.29, 0.717) is 30.5 Å². The van der Waals surface area contributed by atoms with Crippen molar-refractivity contribution < 1.29 is 4.52 Å². The quantitative estimate of drug-likeness (QED) is 0.810. The molecule has 0 aliphatic rings. The van der Waals surface area contributed by atoms with Crippen LogP contribution in [0, 0.1) is 6.92 Å². The molecule has 0 saturated heterocycles. The van der Waals surface area contributed by atoms with Gasteiger partial charge in [0.1, 0.15) is 17.5 Å². The fourth-order valence-corrected chi connectivity index (χ4v) is 1.68. The Bertz CT molecular complexity index is 539. The maximum atomic E-state index is 5.74. The first-order chi connectivity index (χ1) is 9.17. The molecule has 102 valence electrons. The summed E-state index contributed by atoms with van der Waals surface area (Å²) in [6.07, 6.45) is 2.46. The van der Waals surface area contributed by atoms with Crippen LogP contribution in [0.2, 0.25) is 0 Å². The van der Waals surface area contributed by atoms with E-state index in [9.17, 15) is 0 Å². The summed E-state index contributed by atoms with van der Waals surface area (Å²) in [5, 5.41) is 6.92. The van der Waals surface area contributed by atoms with Gasteiger partial charge in [0.2, 0.25) is 5.89 Å². The number of nitrogens with zero attached hydrogens (tertiary/aromatic N) is 4. The number of hydrogen-bond donors (Lipinski definition) is 2. The lowest BCUT2D eigenvalue weighted by molar-refractivity contribution is 0.377. The molecule has 0 saturated carbocycles. The molecule has 2 heterocycles. The molecule has 0 unspecified atom stereocenters. The average Bonchev–Trinajstić information content (AvgIpc) is 2.75. The zero-order valence-corrected chi connectivity index (χ0v) is 11.2. The van der Waals surface area contributed by atoms with Gasteiger partial charge in [-0.25, -0.2) is 9.97 Å². The van der Waals surface area contributed by atoms with Gasteiger partial charge < -0.3 is 15.6 Å². The first-order valence-electron chi connectivity index (χ1n) is 6.34. The molecule has 3 N–H and O–H groups in total. The molecule has 0 radical (unpaired) electrons. The molecule has 2 aromatic rings. The van der Waals surface area contributed by atoms with E-state index in [2.05, 4.69) is 32.3 Å². The Kier molecular flexibility index (Phi) is 4.27. The van der Waals surface area contributed by atoms with E-state index >= 15 is 0 Å². The van der Waals surface area contributed by atoms with Gasteiger partial charge in [0.05, 0.1) is 0 Å². The van der Waals surface area contributed by atoms with Gasteiger partial charge >= 0.3 is 0 Å². The van der Waals surface area contributed by atoms with E-state index in [1.165, 1.54) is 0 Å². The zero-order chi connectivity index (χ0) is 13.7. The lowest BCUT2D eigenvalue weighted by Gasteiger charge is -2.06. The van der Waals surface area contributed by atoms with Crippen LogP contribution >= 0.6 is 0 Å². The Hall–Kier alpha value is -2.18. The molecule has 0 amide bonds. The lowest BCUT2D eigenvalue weighted by Crippen LogP contribution is -2.09. The van der Waals surface area contributed by atoms with E-state index in [-0.39, 0.29) is 0 Å². The van der Waals surface area contributed by atoms with Crippen molar-refractivity contribution in [2.75, 3.05) is 17.6 Å². The van der Waals surface area contributed by atoms with Gasteiger partial charge in [-0.05, 0) is 13.3 Å². The fraction of sp³-hybridized carbons (Fsp3) is 0.500. The highest BCUT2D eigenvalue weighted by Gasteiger charge is 2.04. The van der Waals surface area contributed by atoms with E-state index in [1.807, 2.05) is 0 Å². The number of rotatable bonds is 6. The predicted molar refractivity (Wildman–Crippen MR) is 71.7 cm³/mol. The van der Waals surface area contributed by atoms with Crippen LogP contribution in [-0.2, 0) is 12.8 Å². The minimum absolute atomic E-state index is 0.481. The molecule has 7 nitrogen and oxygen atoms in total. The van der Waals surface area contributed by atoms with E-state index in [1.54, 1.807) is 13.0 Å². The first kappa shape index (κ1) is 13.3.